The van der Waals surface area contributed by atoms with E-state index < -0.39 is 0 Å². The van der Waals surface area contributed by atoms with Crippen LogP contribution in [0.1, 0.15) is 17.3 Å². The van der Waals surface area contributed by atoms with Crippen LogP contribution in [0.3, 0.4) is 0 Å². The van der Waals surface area contributed by atoms with Gasteiger partial charge in [-0.05, 0) is 54.6 Å². The molecule has 29 heavy (non-hydrogen) atoms. The molecule has 1 heterocycles. The van der Waals surface area contributed by atoms with E-state index in [0.29, 0.717) is 11.3 Å². The largest absolute Gasteiger partial charge is 0.327 e. The Morgan fingerprint density at radius 3 is 2.24 bits per heavy atom. The number of aromatic nitrogens is 2. The van der Waals surface area contributed by atoms with E-state index in [4.69, 9.17) is 4.98 Å². The van der Waals surface area contributed by atoms with E-state index in [2.05, 4.69) is 10.6 Å². The van der Waals surface area contributed by atoms with Gasteiger partial charge in [-0.3, -0.25) is 9.59 Å². The Balaban J connectivity index is 1.62. The highest BCUT2D eigenvalue weighted by Crippen LogP contribution is 2.27. The average molecular weight is 384 g/mol. The van der Waals surface area contributed by atoms with Gasteiger partial charge in [-0.2, -0.15) is 0 Å². The van der Waals surface area contributed by atoms with Gasteiger partial charge in [0.25, 0.3) is 5.91 Å². The molecule has 0 aliphatic rings. The van der Waals surface area contributed by atoms with Crippen molar-refractivity contribution in [3.63, 3.8) is 0 Å². The quantitative estimate of drug-likeness (QED) is 0.546. The maximum Gasteiger partial charge on any atom is 0.255 e. The Hall–Kier alpha value is -3.93. The minimum Gasteiger partial charge on any atom is -0.327 e. The van der Waals surface area contributed by atoms with Crippen molar-refractivity contribution in [2.75, 3.05) is 10.6 Å². The third-order valence-electron chi connectivity index (χ3n) is 4.64. The van der Waals surface area contributed by atoms with Gasteiger partial charge in [-0.15, -0.1) is 0 Å². The molecule has 0 spiro atoms. The maximum atomic E-state index is 12.4. The minimum absolute atomic E-state index is 0.106. The van der Waals surface area contributed by atoms with E-state index in [0.717, 1.165) is 28.1 Å². The summed E-state index contributed by atoms with van der Waals surface area (Å²) in [6.07, 6.45) is 0. The van der Waals surface area contributed by atoms with Gasteiger partial charge in [0.2, 0.25) is 5.91 Å². The molecular formula is C23H20N4O2. The number of carbonyl (C=O) groups excluding carboxylic acids is 2. The molecule has 0 radical (unpaired) electrons. The van der Waals surface area contributed by atoms with Crippen molar-refractivity contribution in [3.05, 3.63) is 78.4 Å². The predicted octanol–water partition coefficient (Wildman–Crippen LogP) is 4.45. The summed E-state index contributed by atoms with van der Waals surface area (Å²) >= 11 is 0. The molecule has 0 aliphatic carbocycles. The lowest BCUT2D eigenvalue weighted by atomic mass is 10.2. The Kier molecular flexibility index (Phi) is 4.83. The zero-order valence-corrected chi connectivity index (χ0v) is 16.1. The van der Waals surface area contributed by atoms with Crippen molar-refractivity contribution < 1.29 is 9.59 Å². The SMILES string of the molecule is CC(=O)Nc1ccc(-c2nc3cc(NC(=O)c4ccccc4)ccc3n2C)cc1. The highest BCUT2D eigenvalue weighted by Gasteiger charge is 2.12. The number of aryl methyl sites for hydroxylation is 1. The number of nitrogens with one attached hydrogen (secondary N) is 2. The Morgan fingerprint density at radius 1 is 0.862 bits per heavy atom. The van der Waals surface area contributed by atoms with Crippen LogP contribution in [0.4, 0.5) is 11.4 Å². The summed E-state index contributed by atoms with van der Waals surface area (Å²) in [5.41, 5.74) is 4.73. The first-order valence-electron chi connectivity index (χ1n) is 9.22. The number of fused-ring (bicyclic) bond motifs is 1. The molecule has 3 aromatic carbocycles. The number of carbonyl (C=O) groups is 2. The minimum atomic E-state index is -0.158. The van der Waals surface area contributed by atoms with Crippen molar-refractivity contribution in [1.29, 1.82) is 0 Å². The molecule has 144 valence electrons. The number of nitrogens with zero attached hydrogens (tertiary/aromatic N) is 2. The molecular weight excluding hydrogens is 364 g/mol. The summed E-state index contributed by atoms with van der Waals surface area (Å²) in [5, 5.41) is 5.67. The van der Waals surface area contributed by atoms with Gasteiger partial charge >= 0.3 is 0 Å². The molecule has 6 heteroatoms. The van der Waals surface area contributed by atoms with Crippen molar-refractivity contribution in [2.24, 2.45) is 7.05 Å². The van der Waals surface area contributed by atoms with Crippen LogP contribution < -0.4 is 10.6 Å². The summed E-state index contributed by atoms with van der Waals surface area (Å²) in [7, 11) is 1.95. The molecule has 0 fully saturated rings. The third-order valence-corrected chi connectivity index (χ3v) is 4.64. The number of anilines is 2. The zero-order chi connectivity index (χ0) is 20.4. The van der Waals surface area contributed by atoms with Gasteiger partial charge in [-0.25, -0.2) is 4.98 Å². The van der Waals surface area contributed by atoms with E-state index in [-0.39, 0.29) is 11.8 Å². The van der Waals surface area contributed by atoms with Gasteiger partial charge in [0, 0.05) is 36.5 Å². The van der Waals surface area contributed by atoms with Gasteiger partial charge in [0.1, 0.15) is 5.82 Å². The number of imidazole rings is 1. The fourth-order valence-electron chi connectivity index (χ4n) is 3.23. The maximum absolute atomic E-state index is 12.4. The van der Waals surface area contributed by atoms with Gasteiger partial charge in [-0.1, -0.05) is 18.2 Å². The molecule has 4 rings (SSSR count). The molecule has 0 saturated heterocycles. The summed E-state index contributed by atoms with van der Waals surface area (Å²) in [5.74, 6) is 0.543. The summed E-state index contributed by atoms with van der Waals surface area (Å²) in [4.78, 5) is 28.3. The number of benzene rings is 3. The van der Waals surface area contributed by atoms with Crippen LogP contribution in [0.2, 0.25) is 0 Å². The van der Waals surface area contributed by atoms with Gasteiger partial charge in [0.15, 0.2) is 0 Å². The first-order valence-corrected chi connectivity index (χ1v) is 9.22. The van der Waals surface area contributed by atoms with Crippen molar-refractivity contribution >= 4 is 34.2 Å². The second kappa shape index (κ2) is 7.59. The standard InChI is InChI=1S/C23H20N4O2/c1-15(28)24-18-10-8-16(9-11-18)22-26-20-14-19(12-13-21(20)27(22)2)25-23(29)17-6-4-3-5-7-17/h3-14H,1-2H3,(H,24,28)(H,25,29). The van der Waals surface area contributed by atoms with Crippen LogP contribution >= 0.6 is 0 Å². The number of amides is 2. The topological polar surface area (TPSA) is 76.0 Å². The van der Waals surface area contributed by atoms with Gasteiger partial charge < -0.3 is 15.2 Å². The summed E-state index contributed by atoms with van der Waals surface area (Å²) in [6.45, 7) is 1.48. The van der Waals surface area contributed by atoms with Crippen LogP contribution in [0, 0.1) is 0 Å². The molecule has 2 amide bonds. The van der Waals surface area contributed by atoms with E-state index in [1.807, 2.05) is 72.3 Å². The van der Waals surface area contributed by atoms with E-state index >= 15 is 0 Å². The normalized spacial score (nSPS) is 10.7. The zero-order valence-electron chi connectivity index (χ0n) is 16.1. The van der Waals surface area contributed by atoms with Crippen LogP contribution in [-0.4, -0.2) is 21.4 Å². The van der Waals surface area contributed by atoms with Crippen molar-refractivity contribution in [1.82, 2.24) is 9.55 Å². The van der Waals surface area contributed by atoms with E-state index in [9.17, 15) is 9.59 Å². The second-order valence-corrected chi connectivity index (χ2v) is 6.78. The molecule has 0 unspecified atom stereocenters. The number of hydrogen-bond acceptors (Lipinski definition) is 3. The van der Waals surface area contributed by atoms with Crippen LogP contribution in [0.5, 0.6) is 0 Å². The van der Waals surface area contributed by atoms with Crippen LogP contribution in [0.25, 0.3) is 22.4 Å². The lowest BCUT2D eigenvalue weighted by Gasteiger charge is -2.06. The number of rotatable bonds is 4. The fourth-order valence-corrected chi connectivity index (χ4v) is 3.23. The van der Waals surface area contributed by atoms with Gasteiger partial charge in [0.05, 0.1) is 11.0 Å². The van der Waals surface area contributed by atoms with Crippen molar-refractivity contribution in [3.8, 4) is 11.4 Å². The molecule has 1 aromatic heterocycles. The third kappa shape index (κ3) is 3.87. The van der Waals surface area contributed by atoms with Crippen LogP contribution in [-0.2, 0) is 11.8 Å². The van der Waals surface area contributed by atoms with E-state index in [1.54, 1.807) is 12.1 Å². The predicted molar refractivity (Wildman–Crippen MR) is 115 cm³/mol. The Morgan fingerprint density at radius 2 is 1.55 bits per heavy atom. The highest BCUT2D eigenvalue weighted by atomic mass is 16.2. The van der Waals surface area contributed by atoms with E-state index in [1.165, 1.54) is 6.92 Å². The molecule has 6 nitrogen and oxygen atoms in total. The second-order valence-electron chi connectivity index (χ2n) is 6.78. The first-order chi connectivity index (χ1) is 14.0. The summed E-state index contributed by atoms with van der Waals surface area (Å²) < 4.78 is 2.01. The molecule has 0 aliphatic heterocycles. The smallest absolute Gasteiger partial charge is 0.255 e. The molecule has 0 saturated carbocycles. The number of hydrogen-bond donors (Lipinski definition) is 2. The lowest BCUT2D eigenvalue weighted by Crippen LogP contribution is -2.11. The molecule has 0 atom stereocenters. The lowest BCUT2D eigenvalue weighted by molar-refractivity contribution is -0.114. The monoisotopic (exact) mass is 384 g/mol. The Bertz CT molecular complexity index is 1200. The van der Waals surface area contributed by atoms with Crippen LogP contribution in [0.15, 0.2) is 72.8 Å². The first kappa shape index (κ1) is 18.4. The molecule has 0 bridgehead atoms. The fraction of sp³-hybridized carbons (Fsp3) is 0.0870. The molecule has 2 N–H and O–H groups in total. The molecule has 4 aromatic rings. The summed E-state index contributed by atoms with van der Waals surface area (Å²) in [6, 6.07) is 22.3. The van der Waals surface area contributed by atoms with Crippen molar-refractivity contribution in [2.45, 2.75) is 6.92 Å². The average Bonchev–Trinajstić information content (AvgIpc) is 3.05. The highest BCUT2D eigenvalue weighted by molar-refractivity contribution is 6.05. The Labute approximate surface area is 168 Å².